The maximum Gasteiger partial charge on any atom is 0.264 e. The number of amides is 2. The van der Waals surface area contributed by atoms with Gasteiger partial charge in [0.1, 0.15) is 24.1 Å². The van der Waals surface area contributed by atoms with Crippen molar-refractivity contribution < 1.29 is 14.0 Å². The highest BCUT2D eigenvalue weighted by Crippen LogP contribution is 2.18. The van der Waals surface area contributed by atoms with E-state index in [1.165, 1.54) is 46.3 Å². The lowest BCUT2D eigenvalue weighted by molar-refractivity contribution is -0.119. The number of nitrogens with zero attached hydrogens (tertiary/aromatic N) is 5. The van der Waals surface area contributed by atoms with E-state index in [0.29, 0.717) is 11.3 Å². The summed E-state index contributed by atoms with van der Waals surface area (Å²) < 4.78 is 16.1. The zero-order valence-corrected chi connectivity index (χ0v) is 18.7. The molecule has 9 nitrogen and oxygen atoms in total. The first-order chi connectivity index (χ1) is 16.2. The van der Waals surface area contributed by atoms with Gasteiger partial charge in [-0.05, 0) is 61.4 Å². The predicted octanol–water partition coefficient (Wildman–Crippen LogP) is 2.25. The summed E-state index contributed by atoms with van der Waals surface area (Å²) in [5, 5.41) is 4.59. The number of carbonyl (C=O) groups excluding carboxylic acids is 2. The van der Waals surface area contributed by atoms with E-state index in [1.807, 2.05) is 32.0 Å². The number of rotatable bonds is 7. The van der Waals surface area contributed by atoms with Crippen molar-refractivity contribution in [1.29, 1.82) is 0 Å². The molecule has 0 unspecified atom stereocenters. The highest BCUT2D eigenvalue weighted by atomic mass is 19.1. The predicted molar refractivity (Wildman–Crippen MR) is 125 cm³/mol. The minimum absolute atomic E-state index is 0.00509. The smallest absolute Gasteiger partial charge is 0.264 e. The minimum atomic E-state index is -0.584. The fourth-order valence-corrected chi connectivity index (χ4v) is 3.80. The molecule has 0 fully saturated rings. The van der Waals surface area contributed by atoms with Crippen LogP contribution in [0.4, 0.5) is 10.1 Å². The van der Waals surface area contributed by atoms with Gasteiger partial charge in [-0.15, -0.1) is 0 Å². The molecule has 2 aromatic heterocycles. The van der Waals surface area contributed by atoms with Crippen LogP contribution in [-0.2, 0) is 16.1 Å². The van der Waals surface area contributed by atoms with Gasteiger partial charge in [0.05, 0.1) is 11.9 Å². The van der Waals surface area contributed by atoms with Crippen molar-refractivity contribution in [2.75, 3.05) is 11.4 Å². The van der Waals surface area contributed by atoms with E-state index in [4.69, 9.17) is 5.73 Å². The Morgan fingerprint density at radius 1 is 1.09 bits per heavy atom. The zero-order chi connectivity index (χ0) is 24.4. The summed E-state index contributed by atoms with van der Waals surface area (Å²) >= 11 is 0. The molecule has 2 N–H and O–H groups in total. The quantitative estimate of drug-likeness (QED) is 0.452. The molecule has 4 rings (SSSR count). The molecule has 0 aliphatic carbocycles. The maximum atomic E-state index is 13.3. The molecule has 174 valence electrons. The van der Waals surface area contributed by atoms with Gasteiger partial charge < -0.3 is 10.6 Å². The van der Waals surface area contributed by atoms with Gasteiger partial charge in [-0.1, -0.05) is 6.07 Å². The van der Waals surface area contributed by atoms with Crippen LogP contribution < -0.4 is 16.2 Å². The number of hydrogen-bond acceptors (Lipinski definition) is 5. The lowest BCUT2D eigenvalue weighted by Crippen LogP contribution is -2.38. The molecule has 2 heterocycles. The average Bonchev–Trinajstić information content (AvgIpc) is 3.21. The van der Waals surface area contributed by atoms with E-state index in [2.05, 4.69) is 10.1 Å². The van der Waals surface area contributed by atoms with Crippen molar-refractivity contribution in [3.8, 4) is 5.69 Å². The van der Waals surface area contributed by atoms with Crippen molar-refractivity contribution in [2.24, 2.45) is 5.73 Å². The highest BCUT2D eigenvalue weighted by molar-refractivity contribution is 5.94. The van der Waals surface area contributed by atoms with Crippen LogP contribution in [-0.4, -0.2) is 37.7 Å². The van der Waals surface area contributed by atoms with Crippen LogP contribution in [0.15, 0.2) is 59.8 Å². The van der Waals surface area contributed by atoms with Crippen molar-refractivity contribution in [1.82, 2.24) is 19.3 Å². The van der Waals surface area contributed by atoms with Gasteiger partial charge in [0, 0.05) is 18.7 Å². The third kappa shape index (κ3) is 4.70. The number of hydrogen-bond donors (Lipinski definition) is 1. The molecule has 10 heteroatoms. The molecule has 0 radical (unpaired) electrons. The van der Waals surface area contributed by atoms with Crippen molar-refractivity contribution in [3.05, 3.63) is 82.3 Å². The number of fused-ring (bicyclic) bond motifs is 1. The largest absolute Gasteiger partial charge is 0.370 e. The summed E-state index contributed by atoms with van der Waals surface area (Å²) in [5.74, 6) is -1.52. The van der Waals surface area contributed by atoms with Gasteiger partial charge in [-0.2, -0.15) is 5.10 Å². The summed E-state index contributed by atoms with van der Waals surface area (Å²) in [6.07, 6.45) is 2.63. The molecular formula is C24H23FN6O3. The second-order valence-corrected chi connectivity index (χ2v) is 8.06. The molecule has 0 spiro atoms. The van der Waals surface area contributed by atoms with E-state index >= 15 is 0 Å². The molecule has 0 atom stereocenters. The van der Waals surface area contributed by atoms with E-state index in [9.17, 15) is 18.8 Å². The van der Waals surface area contributed by atoms with Crippen molar-refractivity contribution >= 4 is 28.5 Å². The number of aromatic nitrogens is 4. The number of benzene rings is 2. The summed E-state index contributed by atoms with van der Waals surface area (Å²) in [6, 6.07) is 11.2. The van der Waals surface area contributed by atoms with E-state index in [0.717, 1.165) is 16.8 Å². The second-order valence-electron chi connectivity index (χ2n) is 8.06. The number of halogens is 1. The molecule has 0 aliphatic rings. The third-order valence-electron chi connectivity index (χ3n) is 5.33. The Bertz CT molecular complexity index is 1420. The van der Waals surface area contributed by atoms with Crippen LogP contribution in [0, 0.1) is 19.7 Å². The van der Waals surface area contributed by atoms with Gasteiger partial charge in [-0.3, -0.25) is 19.0 Å². The molecule has 0 aliphatic heterocycles. The van der Waals surface area contributed by atoms with Gasteiger partial charge in [0.2, 0.25) is 11.8 Å². The fraction of sp³-hybridized carbons (Fsp3) is 0.208. The van der Waals surface area contributed by atoms with Crippen LogP contribution in [0.5, 0.6) is 0 Å². The molecule has 4 aromatic rings. The Kier molecular flexibility index (Phi) is 6.22. The normalized spacial score (nSPS) is 11.0. The minimum Gasteiger partial charge on any atom is -0.370 e. The first-order valence-electron chi connectivity index (χ1n) is 10.6. The van der Waals surface area contributed by atoms with E-state index in [1.54, 1.807) is 4.68 Å². The SMILES string of the molecule is Cc1cc(C)cc(-n2ncc3c(=O)n(CC(=O)N(CCC(N)=O)c4ccc(F)cc4)cnc32)c1. The molecular weight excluding hydrogens is 439 g/mol. The molecule has 0 bridgehead atoms. The summed E-state index contributed by atoms with van der Waals surface area (Å²) in [6.45, 7) is 3.61. The third-order valence-corrected chi connectivity index (χ3v) is 5.33. The van der Waals surface area contributed by atoms with Gasteiger partial charge in [0.25, 0.3) is 5.56 Å². The first kappa shape index (κ1) is 22.8. The number of nitrogens with two attached hydrogens (primary N) is 1. The summed E-state index contributed by atoms with van der Waals surface area (Å²) in [7, 11) is 0. The topological polar surface area (TPSA) is 116 Å². The Hall–Kier alpha value is -4.34. The molecule has 0 saturated carbocycles. The molecule has 2 amide bonds. The number of carbonyl (C=O) groups is 2. The van der Waals surface area contributed by atoms with Crippen LogP contribution in [0.3, 0.4) is 0 Å². The second kappa shape index (κ2) is 9.26. The van der Waals surface area contributed by atoms with Gasteiger partial charge in [-0.25, -0.2) is 14.1 Å². The number of anilines is 1. The fourth-order valence-electron chi connectivity index (χ4n) is 3.80. The molecule has 34 heavy (non-hydrogen) atoms. The molecule has 2 aromatic carbocycles. The van der Waals surface area contributed by atoms with Crippen molar-refractivity contribution in [2.45, 2.75) is 26.8 Å². The monoisotopic (exact) mass is 462 g/mol. The van der Waals surface area contributed by atoms with Gasteiger partial charge >= 0.3 is 0 Å². The van der Waals surface area contributed by atoms with E-state index < -0.39 is 23.2 Å². The van der Waals surface area contributed by atoms with Gasteiger partial charge in [0.15, 0.2) is 5.65 Å². The molecule has 0 saturated heterocycles. The van der Waals surface area contributed by atoms with Crippen LogP contribution in [0.2, 0.25) is 0 Å². The summed E-state index contributed by atoms with van der Waals surface area (Å²) in [4.78, 5) is 43.1. The first-order valence-corrected chi connectivity index (χ1v) is 10.6. The average molecular weight is 462 g/mol. The highest BCUT2D eigenvalue weighted by Gasteiger charge is 2.19. The van der Waals surface area contributed by atoms with Crippen LogP contribution >= 0.6 is 0 Å². The number of primary amides is 1. The van der Waals surface area contributed by atoms with Crippen LogP contribution in [0.1, 0.15) is 17.5 Å². The van der Waals surface area contributed by atoms with Crippen LogP contribution in [0.25, 0.3) is 16.7 Å². The lowest BCUT2D eigenvalue weighted by atomic mass is 10.1. The maximum absolute atomic E-state index is 13.3. The standard InChI is InChI=1S/C24H23FN6O3/c1-15-9-16(2)11-19(10-15)31-23-20(12-28-31)24(34)29(14-27-23)13-22(33)30(8-7-21(26)32)18-5-3-17(25)4-6-18/h3-6,9-12,14H,7-8,13H2,1-2H3,(H2,26,32). The van der Waals surface area contributed by atoms with E-state index in [-0.39, 0.29) is 24.9 Å². The Labute approximate surface area is 194 Å². The summed E-state index contributed by atoms with van der Waals surface area (Å²) in [5.41, 5.74) is 8.46. The number of aryl methyl sites for hydroxylation is 2. The Morgan fingerprint density at radius 2 is 1.76 bits per heavy atom. The lowest BCUT2D eigenvalue weighted by Gasteiger charge is -2.22. The Morgan fingerprint density at radius 3 is 2.41 bits per heavy atom. The van der Waals surface area contributed by atoms with Crippen molar-refractivity contribution in [3.63, 3.8) is 0 Å². The zero-order valence-electron chi connectivity index (χ0n) is 18.7. The Balaban J connectivity index is 1.65.